The number of ether oxygens (including phenoxy) is 1. The Kier molecular flexibility index (Phi) is 10.6. The van der Waals surface area contributed by atoms with E-state index in [-0.39, 0.29) is 34.8 Å². The number of nitrogens with zero attached hydrogens (tertiary/aromatic N) is 7. The van der Waals surface area contributed by atoms with Crippen LogP contribution in [0.5, 0.6) is 0 Å². The maximum atomic E-state index is 15.1. The average Bonchev–Trinajstić information content (AvgIpc) is 3.53. The van der Waals surface area contributed by atoms with E-state index in [1.807, 2.05) is 26.1 Å². The molecule has 0 radical (unpaired) electrons. The molecule has 3 unspecified atom stereocenters. The van der Waals surface area contributed by atoms with Gasteiger partial charge in [0.05, 0.1) is 17.3 Å². The van der Waals surface area contributed by atoms with Gasteiger partial charge in [0.2, 0.25) is 5.96 Å². The van der Waals surface area contributed by atoms with E-state index in [4.69, 9.17) is 16.3 Å². The molecule has 2 fully saturated rings. The lowest BCUT2D eigenvalue weighted by atomic mass is 9.75. The van der Waals surface area contributed by atoms with Gasteiger partial charge in [-0.3, -0.25) is 9.69 Å². The summed E-state index contributed by atoms with van der Waals surface area (Å²) in [5, 5.41) is 32.2. The third-order valence-electron chi connectivity index (χ3n) is 9.01. The number of carbonyl (C=O) groups excluding carboxylic acids is 2. The van der Waals surface area contributed by atoms with E-state index in [0.29, 0.717) is 21.4 Å². The van der Waals surface area contributed by atoms with Crippen molar-refractivity contribution >= 4 is 58.2 Å². The van der Waals surface area contributed by atoms with E-state index in [1.54, 1.807) is 46.9 Å². The highest BCUT2D eigenvalue weighted by Gasteiger charge is 2.71. The first-order valence-corrected chi connectivity index (χ1v) is 17.9. The number of aromatic nitrogens is 6. The number of rotatable bonds is 10. The highest BCUT2D eigenvalue weighted by molar-refractivity contribution is 14.1. The smallest absolute Gasteiger partial charge is 0.434 e. The number of carboxylic acid groups (broad SMARTS) is 1. The summed E-state index contributed by atoms with van der Waals surface area (Å²) in [6.45, 7) is 1.86. The maximum absolute atomic E-state index is 15.1. The van der Waals surface area contributed by atoms with Gasteiger partial charge in [0.15, 0.2) is 11.4 Å². The number of hydrogen-bond acceptors (Lipinski definition) is 8. The van der Waals surface area contributed by atoms with Gasteiger partial charge in [-0.1, -0.05) is 85.3 Å². The minimum atomic E-state index is -4.78. The Hall–Kier alpha value is -4.93. The van der Waals surface area contributed by atoms with Crippen molar-refractivity contribution in [2.24, 2.45) is 10.4 Å². The summed E-state index contributed by atoms with van der Waals surface area (Å²) in [6.07, 6.45) is -5.86. The Morgan fingerprint density at radius 3 is 2.40 bits per heavy atom. The van der Waals surface area contributed by atoms with Crippen LogP contribution < -0.4 is 10.6 Å². The van der Waals surface area contributed by atoms with Gasteiger partial charge in [0.1, 0.15) is 12.1 Å². The Bertz CT molecular complexity index is 2130. The third kappa shape index (κ3) is 7.93. The predicted octanol–water partition coefficient (Wildman–Crippen LogP) is 6.85. The molecule has 4 aromatic rings. The summed E-state index contributed by atoms with van der Waals surface area (Å²) in [7, 11) is 0. The quantitative estimate of drug-likeness (QED) is 0.0744. The minimum absolute atomic E-state index is 0.0332. The Morgan fingerprint density at radius 1 is 1.16 bits per heavy atom. The number of guanidine groups is 1. The molecule has 3 heterocycles. The second kappa shape index (κ2) is 14.6. The molecule has 4 atom stereocenters. The number of aromatic amines is 1. The maximum Gasteiger partial charge on any atom is 0.434 e. The van der Waals surface area contributed by atoms with E-state index >= 15 is 4.79 Å². The lowest BCUT2D eigenvalue weighted by molar-refractivity contribution is -0.163. The molecule has 2 aromatic heterocycles. The fourth-order valence-electron chi connectivity index (χ4n) is 6.44. The Morgan fingerprint density at radius 2 is 1.85 bits per heavy atom. The first kappa shape index (κ1) is 39.8. The van der Waals surface area contributed by atoms with Gasteiger partial charge in [0, 0.05) is 21.2 Å². The zero-order chi connectivity index (χ0) is 40.1. The lowest BCUT2D eigenvalue weighted by Gasteiger charge is -2.35. The van der Waals surface area contributed by atoms with Gasteiger partial charge in [-0.05, 0) is 57.5 Å². The number of alkyl carbamates (subject to hydrolysis) is 1. The fourth-order valence-corrected chi connectivity index (χ4v) is 7.85. The number of hydrogen-bond donors (Lipinski definition) is 4. The topological polar surface area (TPSA) is 193 Å². The van der Waals surface area contributed by atoms with Gasteiger partial charge in [-0.2, -0.15) is 27.1 Å². The van der Waals surface area contributed by atoms with Gasteiger partial charge in [-0.15, -0.1) is 10.1 Å². The summed E-state index contributed by atoms with van der Waals surface area (Å²) in [5.41, 5.74) is -3.30. The zero-order valence-corrected chi connectivity index (χ0v) is 31.8. The van der Waals surface area contributed by atoms with E-state index < -0.39 is 69.8 Å². The van der Waals surface area contributed by atoms with Crippen molar-refractivity contribution in [3.63, 3.8) is 0 Å². The molecule has 15 nitrogen and oxygen atoms in total. The molecular weight excluding hydrogens is 874 g/mol. The van der Waals surface area contributed by atoms with E-state index in [9.17, 15) is 36.6 Å². The van der Waals surface area contributed by atoms with Crippen LogP contribution in [0.4, 0.5) is 31.5 Å². The lowest BCUT2D eigenvalue weighted by Crippen LogP contribution is -2.50. The Balaban J connectivity index is 1.44. The van der Waals surface area contributed by atoms with E-state index in [0.717, 1.165) is 11.1 Å². The summed E-state index contributed by atoms with van der Waals surface area (Å²) in [4.78, 5) is 45.0. The summed E-state index contributed by atoms with van der Waals surface area (Å²) in [6, 6.07) is 9.18. The monoisotopic (exact) mass is 904 g/mol. The number of tetrazole rings is 1. The SMILES string of the molecule is CC(C)(C)CC1(c2ccc(-c3cnn(C(F)F)c3)cc2)NC(=NC(=O)O)N([C@H](COC(=O)NC2(C(F)(F)F)CC2I)c2ccc(Cl)c(-c3nnn[nH]3)c2)C1=O. The summed E-state index contributed by atoms with van der Waals surface area (Å²) < 4.78 is 73.1. The minimum Gasteiger partial charge on any atom is -0.463 e. The van der Waals surface area contributed by atoms with Crippen molar-refractivity contribution in [2.45, 2.75) is 67.4 Å². The van der Waals surface area contributed by atoms with Crippen molar-refractivity contribution in [3.05, 3.63) is 71.0 Å². The van der Waals surface area contributed by atoms with Crippen LogP contribution in [0.1, 0.15) is 57.3 Å². The molecule has 55 heavy (non-hydrogen) atoms. The third-order valence-corrected chi connectivity index (χ3v) is 10.8. The number of H-pyrrole nitrogens is 1. The molecule has 2 aliphatic rings. The highest BCUT2D eigenvalue weighted by Crippen LogP contribution is 2.54. The molecule has 0 bridgehead atoms. The van der Waals surface area contributed by atoms with Gasteiger partial charge >= 0.3 is 24.9 Å². The number of carbonyl (C=O) groups is 3. The second-order valence-corrected chi connectivity index (χ2v) is 16.0. The van der Waals surface area contributed by atoms with Gasteiger partial charge < -0.3 is 20.5 Å². The van der Waals surface area contributed by atoms with Crippen LogP contribution in [0.2, 0.25) is 5.02 Å². The molecule has 292 valence electrons. The van der Waals surface area contributed by atoms with Crippen LogP contribution in [-0.4, -0.2) is 86.7 Å². The van der Waals surface area contributed by atoms with Crippen LogP contribution in [0, 0.1) is 5.41 Å². The molecule has 0 spiro atoms. The van der Waals surface area contributed by atoms with Crippen LogP contribution in [-0.2, 0) is 15.1 Å². The van der Waals surface area contributed by atoms with Crippen molar-refractivity contribution in [1.82, 2.24) is 45.9 Å². The standard InChI is InChI=1S/C33H31ClF5IN10O5/c1-30(2,3)15-31(19-7-4-16(5-8-19)18-12-41-49(13-18)26(35)36)25(51)50(27(43-31)42-28(52)53)22(14-55-29(54)44-32(11-23(32)40)33(37,38)39)17-6-9-21(34)20(10-17)24-45-47-48-46-24/h4-10,12-13,22-23,26H,11,14-15H2,1-3H3,(H,42,43)(H,44,54)(H,52,53)(H,45,46,47,48)/t22-,23?,31?,32?/m1/s1. The molecule has 3 amide bonds. The molecule has 22 heteroatoms. The van der Waals surface area contributed by atoms with Crippen molar-refractivity contribution in [1.29, 1.82) is 0 Å². The predicted molar refractivity (Wildman–Crippen MR) is 193 cm³/mol. The molecule has 1 aliphatic heterocycles. The fraction of sp³-hybridized carbons (Fsp3) is 0.394. The number of nitrogens with one attached hydrogen (secondary N) is 3. The molecule has 2 aromatic carbocycles. The number of halogens is 7. The van der Waals surface area contributed by atoms with E-state index in [2.05, 4.69) is 36.0 Å². The van der Waals surface area contributed by atoms with Crippen molar-refractivity contribution in [3.8, 4) is 22.5 Å². The summed E-state index contributed by atoms with van der Waals surface area (Å²) in [5.74, 6) is -1.13. The average molecular weight is 905 g/mol. The highest BCUT2D eigenvalue weighted by atomic mass is 127. The molecular formula is C33H31ClF5IN10O5. The van der Waals surface area contributed by atoms with Crippen molar-refractivity contribution in [2.75, 3.05) is 6.61 Å². The normalized spacial score (nSPS) is 22.5. The Labute approximate surface area is 327 Å². The number of benzene rings is 2. The molecule has 1 aliphatic carbocycles. The first-order valence-electron chi connectivity index (χ1n) is 16.3. The van der Waals surface area contributed by atoms with E-state index in [1.165, 1.54) is 24.4 Å². The molecule has 6 rings (SSSR count). The second-order valence-electron chi connectivity index (χ2n) is 14.1. The van der Waals surface area contributed by atoms with Gasteiger partial charge in [-0.25, -0.2) is 19.4 Å². The first-order chi connectivity index (χ1) is 25.7. The number of amides is 3. The van der Waals surface area contributed by atoms with Crippen molar-refractivity contribution < 1.29 is 46.2 Å². The molecule has 4 N–H and O–H groups in total. The molecule has 1 saturated carbocycles. The number of aliphatic imine (C=N–C) groups is 1. The van der Waals surface area contributed by atoms with Crippen LogP contribution in [0.15, 0.2) is 59.9 Å². The summed E-state index contributed by atoms with van der Waals surface area (Å²) >= 11 is 8.04. The number of alkyl halides is 6. The van der Waals surface area contributed by atoms with Crippen LogP contribution in [0.3, 0.4) is 0 Å². The van der Waals surface area contributed by atoms with Crippen LogP contribution in [0.25, 0.3) is 22.5 Å². The van der Waals surface area contributed by atoms with Crippen LogP contribution >= 0.6 is 34.2 Å². The molecule has 1 saturated heterocycles. The van der Waals surface area contributed by atoms with Gasteiger partial charge in [0.25, 0.3) is 5.91 Å². The largest absolute Gasteiger partial charge is 0.463 e. The zero-order valence-electron chi connectivity index (χ0n) is 28.9.